The van der Waals surface area contributed by atoms with Crippen molar-refractivity contribution >= 4 is 5.69 Å². The zero-order valence-corrected chi connectivity index (χ0v) is 8.42. The Morgan fingerprint density at radius 3 is 2.87 bits per heavy atom. The van der Waals surface area contributed by atoms with E-state index in [1.807, 2.05) is 18.2 Å². The molecule has 1 heterocycles. The van der Waals surface area contributed by atoms with E-state index in [1.54, 1.807) is 4.90 Å². The Morgan fingerprint density at radius 1 is 1.33 bits per heavy atom. The molecule has 2 rings (SSSR count). The fourth-order valence-electron chi connectivity index (χ4n) is 1.98. The summed E-state index contributed by atoms with van der Waals surface area (Å²) in [6, 6.07) is 5.70. The zero-order chi connectivity index (χ0) is 10.8. The number of nitrogen functional groups attached to an aromatic ring is 1. The summed E-state index contributed by atoms with van der Waals surface area (Å²) < 4.78 is 24.4. The van der Waals surface area contributed by atoms with Crippen molar-refractivity contribution in [2.24, 2.45) is 0 Å². The predicted octanol–water partition coefficient (Wildman–Crippen LogP) is 1.89. The monoisotopic (exact) mass is 212 g/mol. The van der Waals surface area contributed by atoms with E-state index in [1.165, 1.54) is 5.56 Å². The molecule has 0 aromatic heterocycles. The van der Waals surface area contributed by atoms with Gasteiger partial charge in [-0.05, 0) is 29.7 Å². The maximum absolute atomic E-state index is 12.2. The minimum atomic E-state index is -2.25. The minimum absolute atomic E-state index is 0.135. The summed E-state index contributed by atoms with van der Waals surface area (Å²) in [6.45, 7) is 1.17. The fourth-order valence-corrected chi connectivity index (χ4v) is 1.98. The van der Waals surface area contributed by atoms with Crippen molar-refractivity contribution in [2.75, 3.05) is 18.8 Å². The second kappa shape index (κ2) is 4.14. The zero-order valence-electron chi connectivity index (χ0n) is 8.42. The first-order valence-electron chi connectivity index (χ1n) is 5.03. The molecular weight excluding hydrogens is 198 g/mol. The summed E-state index contributed by atoms with van der Waals surface area (Å²) in [5.74, 6) is 0. The smallest absolute Gasteiger partial charge is 0.251 e. The maximum Gasteiger partial charge on any atom is 0.251 e. The highest BCUT2D eigenvalue weighted by molar-refractivity contribution is 5.45. The van der Waals surface area contributed by atoms with Crippen molar-refractivity contribution in [1.82, 2.24) is 4.90 Å². The molecule has 4 heteroatoms. The van der Waals surface area contributed by atoms with Crippen molar-refractivity contribution in [3.05, 3.63) is 29.3 Å². The lowest BCUT2D eigenvalue weighted by molar-refractivity contribution is 0.0821. The predicted molar refractivity (Wildman–Crippen MR) is 55.8 cm³/mol. The highest BCUT2D eigenvalue weighted by Gasteiger charge is 2.18. The Bertz CT molecular complexity index is 352. The van der Waals surface area contributed by atoms with E-state index in [9.17, 15) is 8.78 Å². The molecular formula is C11H14F2N2. The van der Waals surface area contributed by atoms with Crippen LogP contribution >= 0.6 is 0 Å². The molecule has 1 aliphatic heterocycles. The van der Waals surface area contributed by atoms with Crippen LogP contribution in [0.3, 0.4) is 0 Å². The van der Waals surface area contributed by atoms with Crippen LogP contribution in [-0.2, 0) is 13.0 Å². The second-order valence-corrected chi connectivity index (χ2v) is 3.90. The van der Waals surface area contributed by atoms with Crippen LogP contribution in [0.5, 0.6) is 0 Å². The average molecular weight is 212 g/mol. The van der Waals surface area contributed by atoms with Crippen molar-refractivity contribution in [2.45, 2.75) is 19.4 Å². The van der Waals surface area contributed by atoms with Gasteiger partial charge in [-0.15, -0.1) is 0 Å². The summed E-state index contributed by atoms with van der Waals surface area (Å²) in [6.07, 6.45) is -1.44. The molecule has 0 radical (unpaired) electrons. The quantitative estimate of drug-likeness (QED) is 0.758. The van der Waals surface area contributed by atoms with Gasteiger partial charge in [0.25, 0.3) is 6.43 Å². The van der Waals surface area contributed by atoms with E-state index in [4.69, 9.17) is 5.73 Å². The van der Waals surface area contributed by atoms with Crippen LogP contribution in [0.4, 0.5) is 14.5 Å². The van der Waals surface area contributed by atoms with Gasteiger partial charge < -0.3 is 5.73 Å². The molecule has 1 aromatic carbocycles. The van der Waals surface area contributed by atoms with Crippen LogP contribution in [0.1, 0.15) is 11.1 Å². The molecule has 15 heavy (non-hydrogen) atoms. The van der Waals surface area contributed by atoms with Gasteiger partial charge in [-0.3, -0.25) is 4.90 Å². The van der Waals surface area contributed by atoms with Gasteiger partial charge >= 0.3 is 0 Å². The fraction of sp³-hybridized carbons (Fsp3) is 0.455. The van der Waals surface area contributed by atoms with Crippen LogP contribution < -0.4 is 5.73 Å². The van der Waals surface area contributed by atoms with E-state index in [2.05, 4.69) is 0 Å². The number of benzene rings is 1. The Hall–Kier alpha value is -1.16. The SMILES string of the molecule is Nc1ccc2c(c1)CCN(CC(F)F)C2. The number of hydrogen-bond donors (Lipinski definition) is 1. The molecule has 0 amide bonds. The first kappa shape index (κ1) is 10.4. The molecule has 2 nitrogen and oxygen atoms in total. The van der Waals surface area contributed by atoms with Crippen molar-refractivity contribution < 1.29 is 8.78 Å². The molecule has 0 saturated carbocycles. The number of halogens is 2. The lowest BCUT2D eigenvalue weighted by Crippen LogP contribution is -2.34. The van der Waals surface area contributed by atoms with Gasteiger partial charge in [-0.1, -0.05) is 6.07 Å². The largest absolute Gasteiger partial charge is 0.399 e. The third kappa shape index (κ3) is 2.45. The third-order valence-electron chi connectivity index (χ3n) is 2.72. The molecule has 82 valence electrons. The maximum atomic E-state index is 12.2. The lowest BCUT2D eigenvalue weighted by Gasteiger charge is -2.28. The number of nitrogens with two attached hydrogens (primary N) is 1. The molecule has 1 aliphatic rings. The van der Waals surface area contributed by atoms with Gasteiger partial charge in [0.15, 0.2) is 0 Å². The van der Waals surface area contributed by atoms with Gasteiger partial charge in [0.1, 0.15) is 0 Å². The molecule has 0 fully saturated rings. The minimum Gasteiger partial charge on any atom is -0.399 e. The summed E-state index contributed by atoms with van der Waals surface area (Å²) in [4.78, 5) is 1.78. The van der Waals surface area contributed by atoms with E-state index in [0.717, 1.165) is 17.7 Å². The van der Waals surface area contributed by atoms with Crippen molar-refractivity contribution in [3.8, 4) is 0 Å². The molecule has 1 aromatic rings. The highest BCUT2D eigenvalue weighted by Crippen LogP contribution is 2.21. The number of rotatable bonds is 2. The number of nitrogens with zero attached hydrogens (tertiary/aromatic N) is 1. The van der Waals surface area contributed by atoms with Crippen LogP contribution in [0.25, 0.3) is 0 Å². The van der Waals surface area contributed by atoms with Gasteiger partial charge in [-0.2, -0.15) is 0 Å². The lowest BCUT2D eigenvalue weighted by atomic mass is 9.99. The van der Waals surface area contributed by atoms with Gasteiger partial charge in [-0.25, -0.2) is 8.78 Å². The van der Waals surface area contributed by atoms with Crippen LogP contribution in [0.2, 0.25) is 0 Å². The molecule has 0 unspecified atom stereocenters. The number of anilines is 1. The Labute approximate surface area is 87.7 Å². The second-order valence-electron chi connectivity index (χ2n) is 3.90. The van der Waals surface area contributed by atoms with Crippen molar-refractivity contribution in [3.63, 3.8) is 0 Å². The molecule has 2 N–H and O–H groups in total. The Balaban J connectivity index is 2.10. The van der Waals surface area contributed by atoms with E-state index < -0.39 is 6.43 Å². The molecule has 0 atom stereocenters. The first-order valence-corrected chi connectivity index (χ1v) is 5.03. The number of alkyl halides is 2. The van der Waals surface area contributed by atoms with Gasteiger partial charge in [0, 0.05) is 18.8 Å². The summed E-state index contributed by atoms with van der Waals surface area (Å²) >= 11 is 0. The number of hydrogen-bond acceptors (Lipinski definition) is 2. The standard InChI is InChI=1S/C11H14F2N2/c12-11(13)7-15-4-3-8-5-10(14)2-1-9(8)6-15/h1-2,5,11H,3-4,6-7,14H2. The van der Waals surface area contributed by atoms with Crippen LogP contribution in [0.15, 0.2) is 18.2 Å². The highest BCUT2D eigenvalue weighted by atomic mass is 19.3. The van der Waals surface area contributed by atoms with E-state index in [-0.39, 0.29) is 6.54 Å². The summed E-state index contributed by atoms with van der Waals surface area (Å²) in [5, 5.41) is 0. The van der Waals surface area contributed by atoms with Crippen LogP contribution in [0, 0.1) is 0 Å². The third-order valence-corrected chi connectivity index (χ3v) is 2.72. The number of fused-ring (bicyclic) bond motifs is 1. The van der Waals surface area contributed by atoms with Gasteiger partial charge in [0.05, 0.1) is 6.54 Å². The van der Waals surface area contributed by atoms with E-state index in [0.29, 0.717) is 13.1 Å². The normalized spacial score (nSPS) is 16.7. The topological polar surface area (TPSA) is 29.3 Å². The first-order chi connectivity index (χ1) is 7.15. The average Bonchev–Trinajstić information content (AvgIpc) is 2.17. The van der Waals surface area contributed by atoms with Gasteiger partial charge in [0.2, 0.25) is 0 Å². The molecule has 0 spiro atoms. The van der Waals surface area contributed by atoms with E-state index >= 15 is 0 Å². The molecule has 0 saturated heterocycles. The van der Waals surface area contributed by atoms with Crippen LogP contribution in [-0.4, -0.2) is 24.4 Å². The molecule has 0 aliphatic carbocycles. The Kier molecular flexibility index (Phi) is 2.86. The summed E-state index contributed by atoms with van der Waals surface area (Å²) in [5.41, 5.74) is 8.73. The summed E-state index contributed by atoms with van der Waals surface area (Å²) in [7, 11) is 0. The molecule has 0 bridgehead atoms. The Morgan fingerprint density at radius 2 is 2.13 bits per heavy atom. The van der Waals surface area contributed by atoms with Crippen molar-refractivity contribution in [1.29, 1.82) is 0 Å².